The largest absolute Gasteiger partial charge is 0.465 e. The monoisotopic (exact) mass is 241 g/mol. The molecule has 1 aliphatic heterocycles. The first-order valence-electron chi connectivity index (χ1n) is 5.22. The Morgan fingerprint density at radius 3 is 3.19 bits per heavy atom. The van der Waals surface area contributed by atoms with Gasteiger partial charge in [0.1, 0.15) is 0 Å². The number of methoxy groups -OCH3 is 1. The molecule has 0 spiro atoms. The fourth-order valence-electron chi connectivity index (χ4n) is 1.90. The first-order valence-corrected chi connectivity index (χ1v) is 6.10. The lowest BCUT2D eigenvalue weighted by Crippen LogP contribution is -2.33. The zero-order valence-electron chi connectivity index (χ0n) is 9.16. The summed E-state index contributed by atoms with van der Waals surface area (Å²) in [6.07, 6.45) is 1.36. The molecule has 1 aromatic rings. The molecule has 2 N–H and O–H groups in total. The molecule has 0 bridgehead atoms. The maximum absolute atomic E-state index is 11.3. The van der Waals surface area contributed by atoms with E-state index in [1.165, 1.54) is 18.4 Å². The van der Waals surface area contributed by atoms with Crippen LogP contribution in [0.4, 0.5) is 0 Å². The molecule has 4 nitrogen and oxygen atoms in total. The molecule has 2 rings (SSSR count). The Labute approximate surface area is 98.2 Å². The van der Waals surface area contributed by atoms with Gasteiger partial charge in [-0.2, -0.15) is 0 Å². The first kappa shape index (κ1) is 11.6. The van der Waals surface area contributed by atoms with Gasteiger partial charge in [-0.05, 0) is 19.0 Å². The van der Waals surface area contributed by atoms with Gasteiger partial charge in [-0.3, -0.25) is 0 Å². The fraction of sp³-hybridized carbons (Fsp3) is 0.545. The predicted molar refractivity (Wildman–Crippen MR) is 61.8 cm³/mol. The van der Waals surface area contributed by atoms with Crippen molar-refractivity contribution in [2.24, 2.45) is 0 Å². The van der Waals surface area contributed by atoms with Crippen LogP contribution in [0.2, 0.25) is 0 Å². The normalized spacial score (nSPS) is 24.6. The Hall–Kier alpha value is -0.910. The molecule has 2 heterocycles. The van der Waals surface area contributed by atoms with E-state index in [9.17, 15) is 9.90 Å². The zero-order valence-corrected chi connectivity index (χ0v) is 9.97. The third-order valence-electron chi connectivity index (χ3n) is 2.80. The molecule has 1 aliphatic rings. The second kappa shape index (κ2) is 4.53. The average molecular weight is 241 g/mol. The van der Waals surface area contributed by atoms with Crippen LogP contribution in [0.15, 0.2) is 11.4 Å². The Balaban J connectivity index is 2.05. The molecule has 88 valence electrons. The molecule has 0 amide bonds. The summed E-state index contributed by atoms with van der Waals surface area (Å²) < 4.78 is 4.64. The Morgan fingerprint density at radius 1 is 1.75 bits per heavy atom. The van der Waals surface area contributed by atoms with Crippen LogP contribution < -0.4 is 5.32 Å². The molecule has 1 atom stereocenters. The summed E-state index contributed by atoms with van der Waals surface area (Å²) in [6, 6.07) is 1.80. The third kappa shape index (κ3) is 2.42. The van der Waals surface area contributed by atoms with Crippen molar-refractivity contribution in [3.63, 3.8) is 0 Å². The molecule has 1 unspecified atom stereocenters. The second-order valence-corrected chi connectivity index (χ2v) is 5.12. The third-order valence-corrected chi connectivity index (χ3v) is 3.74. The van der Waals surface area contributed by atoms with Crippen LogP contribution in [0, 0.1) is 0 Å². The summed E-state index contributed by atoms with van der Waals surface area (Å²) in [5, 5.41) is 15.1. The van der Waals surface area contributed by atoms with Crippen molar-refractivity contribution in [1.82, 2.24) is 5.32 Å². The second-order valence-electron chi connectivity index (χ2n) is 4.12. The minimum absolute atomic E-state index is 0.320. The quantitative estimate of drug-likeness (QED) is 0.769. The van der Waals surface area contributed by atoms with Crippen molar-refractivity contribution in [3.8, 4) is 0 Å². The summed E-state index contributed by atoms with van der Waals surface area (Å²) in [5.74, 6) is -0.320. The maximum atomic E-state index is 11.3. The highest BCUT2D eigenvalue weighted by Crippen LogP contribution is 2.25. The summed E-state index contributed by atoms with van der Waals surface area (Å²) >= 11 is 1.49. The molecule has 0 saturated carbocycles. The molecule has 1 aromatic heterocycles. The minimum Gasteiger partial charge on any atom is -0.465 e. The standard InChI is InChI=1S/C11H15NO3S/c1-15-10(13)8-4-9(16-6-8)5-11(14)2-3-12-7-11/h4,6,12,14H,2-3,5,7H2,1H3. The van der Waals surface area contributed by atoms with E-state index in [2.05, 4.69) is 10.1 Å². The van der Waals surface area contributed by atoms with E-state index in [0.29, 0.717) is 18.5 Å². The molecule has 1 fully saturated rings. The van der Waals surface area contributed by atoms with Crippen LogP contribution in [0.25, 0.3) is 0 Å². The number of esters is 1. The first-order chi connectivity index (χ1) is 7.63. The Morgan fingerprint density at radius 2 is 2.56 bits per heavy atom. The van der Waals surface area contributed by atoms with Crippen molar-refractivity contribution in [2.45, 2.75) is 18.4 Å². The molecular weight excluding hydrogens is 226 g/mol. The molecule has 16 heavy (non-hydrogen) atoms. The summed E-state index contributed by atoms with van der Waals surface area (Å²) in [5.41, 5.74) is -0.0878. The van der Waals surface area contributed by atoms with E-state index >= 15 is 0 Å². The molecule has 0 radical (unpaired) electrons. The van der Waals surface area contributed by atoms with Gasteiger partial charge in [-0.1, -0.05) is 0 Å². The summed E-state index contributed by atoms with van der Waals surface area (Å²) in [7, 11) is 1.37. The van der Waals surface area contributed by atoms with Gasteiger partial charge in [0.2, 0.25) is 0 Å². The van der Waals surface area contributed by atoms with Crippen LogP contribution in [0.1, 0.15) is 21.7 Å². The van der Waals surface area contributed by atoms with Crippen molar-refractivity contribution in [1.29, 1.82) is 0 Å². The number of carbonyl (C=O) groups is 1. The number of rotatable bonds is 3. The Kier molecular flexibility index (Phi) is 3.28. The van der Waals surface area contributed by atoms with E-state index in [1.807, 2.05) is 0 Å². The van der Waals surface area contributed by atoms with Crippen LogP contribution >= 0.6 is 11.3 Å². The number of hydrogen-bond acceptors (Lipinski definition) is 5. The zero-order chi connectivity index (χ0) is 11.6. The lowest BCUT2D eigenvalue weighted by Gasteiger charge is -2.19. The predicted octanol–water partition coefficient (Wildman–Crippen LogP) is 0.802. The topological polar surface area (TPSA) is 58.6 Å². The van der Waals surface area contributed by atoms with Gasteiger partial charge >= 0.3 is 5.97 Å². The van der Waals surface area contributed by atoms with Crippen molar-refractivity contribution < 1.29 is 14.6 Å². The molecule has 5 heteroatoms. The van der Waals surface area contributed by atoms with Crippen LogP contribution in [-0.2, 0) is 11.2 Å². The van der Waals surface area contributed by atoms with E-state index in [0.717, 1.165) is 17.8 Å². The number of thiophene rings is 1. The van der Waals surface area contributed by atoms with E-state index in [4.69, 9.17) is 0 Å². The SMILES string of the molecule is COC(=O)c1csc(CC2(O)CCNC2)c1. The van der Waals surface area contributed by atoms with Gasteiger partial charge in [-0.15, -0.1) is 11.3 Å². The molecule has 1 saturated heterocycles. The number of hydrogen-bond donors (Lipinski definition) is 2. The number of carbonyl (C=O) groups excluding carboxylic acids is 1. The highest BCUT2D eigenvalue weighted by atomic mass is 32.1. The van der Waals surface area contributed by atoms with Gasteiger partial charge in [0.15, 0.2) is 0 Å². The van der Waals surface area contributed by atoms with E-state index < -0.39 is 5.60 Å². The molecular formula is C11H15NO3S. The van der Waals surface area contributed by atoms with Crippen molar-refractivity contribution >= 4 is 17.3 Å². The number of β-amino-alcohol motifs (C(OH)–C–C–N with tert-alkyl or cyclic N) is 1. The lowest BCUT2D eigenvalue weighted by atomic mass is 9.98. The van der Waals surface area contributed by atoms with Gasteiger partial charge in [0, 0.05) is 23.2 Å². The number of aliphatic hydroxyl groups is 1. The van der Waals surface area contributed by atoms with Crippen LogP contribution in [0.3, 0.4) is 0 Å². The van der Waals surface area contributed by atoms with Crippen LogP contribution in [0.5, 0.6) is 0 Å². The van der Waals surface area contributed by atoms with Gasteiger partial charge in [-0.25, -0.2) is 4.79 Å². The van der Waals surface area contributed by atoms with Crippen LogP contribution in [-0.4, -0.2) is 36.9 Å². The number of nitrogens with one attached hydrogen (secondary N) is 1. The van der Waals surface area contributed by atoms with Gasteiger partial charge < -0.3 is 15.2 Å². The Bertz CT molecular complexity index is 382. The lowest BCUT2D eigenvalue weighted by molar-refractivity contribution is 0.0593. The van der Waals surface area contributed by atoms with Crippen molar-refractivity contribution in [2.75, 3.05) is 20.2 Å². The molecule has 0 aliphatic carbocycles. The number of ether oxygens (including phenoxy) is 1. The van der Waals surface area contributed by atoms with E-state index in [1.54, 1.807) is 11.4 Å². The van der Waals surface area contributed by atoms with Gasteiger partial charge in [0.05, 0.1) is 18.3 Å². The fourth-order valence-corrected chi connectivity index (χ4v) is 2.89. The smallest absolute Gasteiger partial charge is 0.338 e. The average Bonchev–Trinajstić information content (AvgIpc) is 2.87. The minimum atomic E-state index is -0.655. The summed E-state index contributed by atoms with van der Waals surface area (Å²) in [4.78, 5) is 12.3. The maximum Gasteiger partial charge on any atom is 0.338 e. The molecule has 0 aromatic carbocycles. The van der Waals surface area contributed by atoms with E-state index in [-0.39, 0.29) is 5.97 Å². The highest BCUT2D eigenvalue weighted by molar-refractivity contribution is 7.10. The van der Waals surface area contributed by atoms with Crippen molar-refractivity contribution in [3.05, 3.63) is 21.9 Å². The highest BCUT2D eigenvalue weighted by Gasteiger charge is 2.31. The van der Waals surface area contributed by atoms with Gasteiger partial charge in [0.25, 0.3) is 0 Å². The summed E-state index contributed by atoms with van der Waals surface area (Å²) in [6.45, 7) is 1.48.